The quantitative estimate of drug-likeness (QED) is 0.0378. The number of hydrogen-bond donors (Lipinski definition) is 5. The van der Waals surface area contributed by atoms with Crippen molar-refractivity contribution < 1.29 is 38.2 Å². The van der Waals surface area contributed by atoms with Crippen LogP contribution in [-0.2, 0) is 23.9 Å². The number of nitrogens with two attached hydrogens (primary N) is 1. The monoisotopic (exact) mass is 843 g/mol. The average molecular weight is 844 g/mol. The molecule has 7 rings (SSSR count). The van der Waals surface area contributed by atoms with Gasteiger partial charge in [0, 0.05) is 55.5 Å². The van der Waals surface area contributed by atoms with Crippen molar-refractivity contribution in [3.8, 4) is 11.5 Å². The maximum atomic E-state index is 13.4. The third-order valence-electron chi connectivity index (χ3n) is 10.8. The number of nitrogen functional groups attached to an aromatic ring is 1. The van der Waals surface area contributed by atoms with Crippen LogP contribution in [0.5, 0.6) is 11.5 Å². The second-order valence-electron chi connectivity index (χ2n) is 15.1. The molecular weight excluding hydrogens is 795 g/mol. The number of carbonyl (C=O) groups is 5. The third kappa shape index (κ3) is 10.1. The lowest BCUT2D eigenvalue weighted by Crippen LogP contribution is -2.54. The van der Waals surface area contributed by atoms with Crippen LogP contribution in [0.15, 0.2) is 91.3 Å². The molecule has 0 spiro atoms. The Bertz CT molecular complexity index is 2340. The molecule has 0 radical (unpaired) electrons. The summed E-state index contributed by atoms with van der Waals surface area (Å²) >= 11 is 0. The number of aromatic nitrogens is 2. The van der Waals surface area contributed by atoms with Gasteiger partial charge in [-0.2, -0.15) is 0 Å². The molecule has 322 valence electrons. The Morgan fingerprint density at radius 1 is 0.903 bits per heavy atom. The Kier molecular flexibility index (Phi) is 13.9. The summed E-state index contributed by atoms with van der Waals surface area (Å²) in [6, 6.07) is 20.3. The first-order valence-corrected chi connectivity index (χ1v) is 20.6. The first-order chi connectivity index (χ1) is 30.1. The van der Waals surface area contributed by atoms with Gasteiger partial charge in [0.15, 0.2) is 0 Å². The van der Waals surface area contributed by atoms with Gasteiger partial charge in [-0.3, -0.25) is 39.6 Å². The fourth-order valence-electron chi connectivity index (χ4n) is 7.65. The number of ether oxygens (including phenoxy) is 3. The molecule has 62 heavy (non-hydrogen) atoms. The number of nitrogens with zero attached hydrogens (tertiary/aromatic N) is 4. The zero-order chi connectivity index (χ0) is 43.6. The predicted molar refractivity (Wildman–Crippen MR) is 230 cm³/mol. The molecule has 0 saturated carbocycles. The van der Waals surface area contributed by atoms with E-state index < -0.39 is 29.7 Å². The molecule has 6 N–H and O–H groups in total. The smallest absolute Gasteiger partial charge is 0.264 e. The van der Waals surface area contributed by atoms with Crippen LogP contribution in [-0.4, -0.2) is 113 Å². The number of likely N-dealkylation sites (tertiary alicyclic amines) is 1. The number of carbonyl (C=O) groups excluding carboxylic acids is 5. The Balaban J connectivity index is 0.797. The van der Waals surface area contributed by atoms with E-state index in [2.05, 4.69) is 32.5 Å². The zero-order valence-corrected chi connectivity index (χ0v) is 34.2. The van der Waals surface area contributed by atoms with E-state index in [1.165, 1.54) is 6.33 Å². The third-order valence-corrected chi connectivity index (χ3v) is 10.8. The number of amides is 5. The molecule has 0 aliphatic carbocycles. The Morgan fingerprint density at radius 2 is 1.66 bits per heavy atom. The second-order valence-corrected chi connectivity index (χ2v) is 15.1. The summed E-state index contributed by atoms with van der Waals surface area (Å²) in [5.74, 6) is -0.394. The average Bonchev–Trinajstić information content (AvgIpc) is 3.53. The van der Waals surface area contributed by atoms with Crippen molar-refractivity contribution >= 4 is 52.6 Å². The van der Waals surface area contributed by atoms with E-state index in [0.29, 0.717) is 98.6 Å². The highest BCUT2D eigenvalue weighted by molar-refractivity contribution is 6.25. The number of anilines is 3. The molecule has 2 unspecified atom stereocenters. The topological polar surface area (TPSA) is 231 Å². The standard InChI is InChI=1S/C45H49N9O8/c1-28(8-7-22-60-24-25-61-23-20-48-34-13-5-12-33-37(34)45(59)54(44(33)58)35-18-19-36(55)52-42(35)56)43(57)53-21-6-9-30(26-53)51-41-38(40(47)49-27-50-41)39(46)29-14-16-32(17-15-29)62-31-10-3-2-4-11-31/h2-5,10-17,27,30,35,46,48H,1,6-9,18-26H2,(H,52,55,56)(H3,47,49,50,51). The number of para-hydroxylation sites is 1. The minimum absolute atomic E-state index is 0.0498. The minimum atomic E-state index is -1.03. The summed E-state index contributed by atoms with van der Waals surface area (Å²) in [4.78, 5) is 75.0. The molecular formula is C45H49N9O8. The number of nitrogens with one attached hydrogen (secondary N) is 4. The van der Waals surface area contributed by atoms with E-state index in [1.807, 2.05) is 30.3 Å². The predicted octanol–water partition coefficient (Wildman–Crippen LogP) is 4.55. The van der Waals surface area contributed by atoms with Crippen LogP contribution < -0.4 is 26.4 Å². The van der Waals surface area contributed by atoms with E-state index in [0.717, 1.165) is 17.7 Å². The molecule has 0 bridgehead atoms. The lowest BCUT2D eigenvalue weighted by molar-refractivity contribution is -0.136. The minimum Gasteiger partial charge on any atom is -0.457 e. The van der Waals surface area contributed by atoms with Crippen molar-refractivity contribution in [2.75, 3.05) is 62.4 Å². The van der Waals surface area contributed by atoms with Gasteiger partial charge in [-0.05, 0) is 80.6 Å². The van der Waals surface area contributed by atoms with Crippen molar-refractivity contribution in [2.24, 2.45) is 0 Å². The highest BCUT2D eigenvalue weighted by atomic mass is 16.5. The summed E-state index contributed by atoms with van der Waals surface area (Å²) in [6.45, 7) is 6.84. The molecule has 4 heterocycles. The first-order valence-electron chi connectivity index (χ1n) is 20.6. The van der Waals surface area contributed by atoms with Crippen molar-refractivity contribution in [2.45, 2.75) is 50.6 Å². The maximum absolute atomic E-state index is 13.4. The molecule has 4 aromatic rings. The molecule has 17 heteroatoms. The second kappa shape index (κ2) is 20.1. The molecule has 3 aromatic carbocycles. The van der Waals surface area contributed by atoms with E-state index in [9.17, 15) is 24.0 Å². The molecule has 17 nitrogen and oxygen atoms in total. The number of fused-ring (bicyclic) bond motifs is 1. The fraction of sp³-hybridized carbons (Fsp3) is 0.333. The van der Waals surface area contributed by atoms with Crippen LogP contribution in [0.1, 0.15) is 70.4 Å². The molecule has 2 fully saturated rings. The van der Waals surface area contributed by atoms with Crippen molar-refractivity contribution in [1.29, 1.82) is 5.41 Å². The Labute approximate surface area is 358 Å². The van der Waals surface area contributed by atoms with E-state index in [4.69, 9.17) is 25.4 Å². The normalized spacial score (nSPS) is 17.4. The van der Waals surface area contributed by atoms with Gasteiger partial charge in [-0.25, -0.2) is 9.97 Å². The lowest BCUT2D eigenvalue weighted by Gasteiger charge is -2.34. The molecule has 5 amide bonds. The highest BCUT2D eigenvalue weighted by Crippen LogP contribution is 2.33. The number of rotatable bonds is 19. The maximum Gasteiger partial charge on any atom is 0.264 e. The Hall–Kier alpha value is -6.98. The SMILES string of the molecule is C=C(CCCOCCOCCNc1cccc2c1C(=O)N(C1CCC(=O)NC1=O)C2=O)C(=O)N1CCCC(Nc2ncnc(N)c2C(=N)c2ccc(Oc3ccccc3)cc2)C1. The number of piperidine rings is 2. The van der Waals surface area contributed by atoms with Gasteiger partial charge >= 0.3 is 0 Å². The molecule has 2 atom stereocenters. The summed E-state index contributed by atoms with van der Waals surface area (Å²) < 4.78 is 17.3. The van der Waals surface area contributed by atoms with Crippen molar-refractivity contribution in [1.82, 2.24) is 25.1 Å². The van der Waals surface area contributed by atoms with Gasteiger partial charge in [0.05, 0.1) is 42.2 Å². The molecule has 1 aromatic heterocycles. The number of hydrogen-bond acceptors (Lipinski definition) is 14. The summed E-state index contributed by atoms with van der Waals surface area (Å²) in [7, 11) is 0. The fourth-order valence-corrected chi connectivity index (χ4v) is 7.65. The van der Waals surface area contributed by atoms with Crippen LogP contribution in [0.4, 0.5) is 17.3 Å². The molecule has 3 aliphatic rings. The van der Waals surface area contributed by atoms with Gasteiger partial charge < -0.3 is 35.5 Å². The van der Waals surface area contributed by atoms with Crippen LogP contribution in [0.3, 0.4) is 0 Å². The summed E-state index contributed by atoms with van der Waals surface area (Å²) in [5, 5.41) is 17.8. The largest absolute Gasteiger partial charge is 0.457 e. The van der Waals surface area contributed by atoms with Crippen LogP contribution in [0.2, 0.25) is 0 Å². The molecule has 3 aliphatic heterocycles. The summed E-state index contributed by atoms with van der Waals surface area (Å²) in [5.41, 5.74) is 8.80. The van der Waals surface area contributed by atoms with Crippen LogP contribution in [0, 0.1) is 5.41 Å². The van der Waals surface area contributed by atoms with Crippen LogP contribution in [0.25, 0.3) is 0 Å². The lowest BCUT2D eigenvalue weighted by atomic mass is 10.0. The van der Waals surface area contributed by atoms with Gasteiger partial charge in [-0.1, -0.05) is 30.8 Å². The van der Waals surface area contributed by atoms with E-state index in [1.54, 1.807) is 47.4 Å². The highest BCUT2D eigenvalue weighted by Gasteiger charge is 2.45. The zero-order valence-electron chi connectivity index (χ0n) is 34.2. The van der Waals surface area contributed by atoms with E-state index >= 15 is 0 Å². The van der Waals surface area contributed by atoms with Crippen molar-refractivity contribution in [3.63, 3.8) is 0 Å². The summed E-state index contributed by atoms with van der Waals surface area (Å²) in [6.07, 6.45) is 4.15. The molecule has 2 saturated heterocycles. The Morgan fingerprint density at radius 3 is 2.44 bits per heavy atom. The van der Waals surface area contributed by atoms with Gasteiger partial charge in [0.1, 0.15) is 35.5 Å². The van der Waals surface area contributed by atoms with Gasteiger partial charge in [0.25, 0.3) is 11.8 Å². The van der Waals surface area contributed by atoms with Crippen LogP contribution >= 0.6 is 0 Å². The number of imide groups is 2. The first kappa shape index (κ1) is 43.1. The van der Waals surface area contributed by atoms with E-state index in [-0.39, 0.29) is 47.4 Å². The van der Waals surface area contributed by atoms with Crippen molar-refractivity contribution in [3.05, 3.63) is 114 Å². The van der Waals surface area contributed by atoms with Gasteiger partial charge in [-0.15, -0.1) is 0 Å². The number of benzene rings is 3. The van der Waals surface area contributed by atoms with Gasteiger partial charge in [0.2, 0.25) is 17.7 Å².